The molecule has 2 heteroatoms. The zero-order chi connectivity index (χ0) is 20.6. The predicted octanol–water partition coefficient (Wildman–Crippen LogP) is 5.78. The molecule has 0 saturated carbocycles. The molecule has 30 heavy (non-hydrogen) atoms. The number of hydrogen-bond acceptors (Lipinski definition) is 2. The monoisotopic (exact) mass is 388 g/mol. The highest BCUT2D eigenvalue weighted by molar-refractivity contribution is 6.20. The fourth-order valence-electron chi connectivity index (χ4n) is 4.24. The summed E-state index contributed by atoms with van der Waals surface area (Å²) in [5.41, 5.74) is 1.87. The van der Waals surface area contributed by atoms with Gasteiger partial charge in [0.1, 0.15) is 5.60 Å². The summed E-state index contributed by atoms with van der Waals surface area (Å²) in [6, 6.07) is 33.1. The number of ketones is 1. The quantitative estimate of drug-likeness (QED) is 0.452. The summed E-state index contributed by atoms with van der Waals surface area (Å²) in [7, 11) is 0. The van der Waals surface area contributed by atoms with Gasteiger partial charge < -0.3 is 5.11 Å². The number of rotatable bonds is 3. The van der Waals surface area contributed by atoms with Crippen LogP contribution in [0.2, 0.25) is 0 Å². The Morgan fingerprint density at radius 3 is 2.10 bits per heavy atom. The van der Waals surface area contributed by atoms with E-state index < -0.39 is 5.60 Å². The van der Waals surface area contributed by atoms with Crippen LogP contribution in [0.1, 0.15) is 16.7 Å². The van der Waals surface area contributed by atoms with Crippen molar-refractivity contribution in [3.8, 4) is 0 Å². The Labute approximate surface area is 175 Å². The highest BCUT2D eigenvalue weighted by Crippen LogP contribution is 2.47. The molecule has 4 aromatic carbocycles. The molecule has 0 aromatic heterocycles. The van der Waals surface area contributed by atoms with Crippen LogP contribution in [-0.4, -0.2) is 10.9 Å². The van der Waals surface area contributed by atoms with E-state index in [-0.39, 0.29) is 5.78 Å². The molecule has 0 radical (unpaired) electrons. The van der Waals surface area contributed by atoms with E-state index in [0.29, 0.717) is 16.7 Å². The predicted molar refractivity (Wildman–Crippen MR) is 122 cm³/mol. The second kappa shape index (κ2) is 7.25. The summed E-state index contributed by atoms with van der Waals surface area (Å²) in [6.45, 7) is 0. The Kier molecular flexibility index (Phi) is 4.42. The average Bonchev–Trinajstić information content (AvgIpc) is 3.06. The largest absolute Gasteiger partial charge is 0.376 e. The molecular formula is C28H20O2. The third-order valence-electron chi connectivity index (χ3n) is 5.72. The average molecular weight is 388 g/mol. The van der Waals surface area contributed by atoms with Gasteiger partial charge in [-0.3, -0.25) is 4.79 Å². The van der Waals surface area contributed by atoms with Gasteiger partial charge in [-0.2, -0.15) is 0 Å². The van der Waals surface area contributed by atoms with E-state index in [0.717, 1.165) is 21.9 Å². The third-order valence-corrected chi connectivity index (χ3v) is 5.72. The third kappa shape index (κ3) is 2.90. The van der Waals surface area contributed by atoms with E-state index in [1.807, 2.05) is 109 Å². The number of allylic oxidation sites excluding steroid dienone is 1. The molecule has 1 aliphatic carbocycles. The number of fused-ring (bicyclic) bond motifs is 1. The number of benzene rings is 4. The van der Waals surface area contributed by atoms with Gasteiger partial charge in [-0.1, -0.05) is 103 Å². The molecule has 0 fully saturated rings. The minimum Gasteiger partial charge on any atom is -0.376 e. The summed E-state index contributed by atoms with van der Waals surface area (Å²) in [4.78, 5) is 13.2. The highest BCUT2D eigenvalue weighted by Gasteiger charge is 2.46. The SMILES string of the molecule is O=C1C=C(c2ccccc2)C(O)(c2ccccc2)/C1=C/c1cccc2ccccc12. The van der Waals surface area contributed by atoms with Crippen LogP contribution < -0.4 is 0 Å². The van der Waals surface area contributed by atoms with Crippen LogP contribution in [0, 0.1) is 0 Å². The van der Waals surface area contributed by atoms with Crippen LogP contribution in [0.25, 0.3) is 22.4 Å². The van der Waals surface area contributed by atoms with Gasteiger partial charge in [-0.25, -0.2) is 0 Å². The van der Waals surface area contributed by atoms with Gasteiger partial charge in [-0.05, 0) is 39.6 Å². The molecule has 1 unspecified atom stereocenters. The summed E-state index contributed by atoms with van der Waals surface area (Å²) in [5.74, 6) is -0.173. The Morgan fingerprint density at radius 1 is 0.700 bits per heavy atom. The van der Waals surface area contributed by atoms with E-state index >= 15 is 0 Å². The van der Waals surface area contributed by atoms with Gasteiger partial charge in [0.15, 0.2) is 5.78 Å². The van der Waals surface area contributed by atoms with Crippen molar-refractivity contribution >= 4 is 28.2 Å². The molecule has 0 aliphatic heterocycles. The second-order valence-corrected chi connectivity index (χ2v) is 7.49. The van der Waals surface area contributed by atoms with Crippen molar-refractivity contribution in [2.24, 2.45) is 0 Å². The molecule has 2 nitrogen and oxygen atoms in total. The lowest BCUT2D eigenvalue weighted by atomic mass is 9.80. The minimum absolute atomic E-state index is 0.173. The van der Waals surface area contributed by atoms with E-state index in [1.54, 1.807) is 6.08 Å². The van der Waals surface area contributed by atoms with Gasteiger partial charge in [0, 0.05) is 11.1 Å². The van der Waals surface area contributed by atoms with Crippen LogP contribution in [0.4, 0.5) is 0 Å². The van der Waals surface area contributed by atoms with Crippen LogP contribution >= 0.6 is 0 Å². The second-order valence-electron chi connectivity index (χ2n) is 7.49. The zero-order valence-electron chi connectivity index (χ0n) is 16.3. The van der Waals surface area contributed by atoms with Crippen molar-refractivity contribution in [1.29, 1.82) is 0 Å². The van der Waals surface area contributed by atoms with Crippen molar-refractivity contribution in [2.45, 2.75) is 5.60 Å². The number of carbonyl (C=O) groups is 1. The normalized spacial score (nSPS) is 20.0. The van der Waals surface area contributed by atoms with Gasteiger partial charge in [0.05, 0.1) is 0 Å². The van der Waals surface area contributed by atoms with Gasteiger partial charge in [0.25, 0.3) is 0 Å². The van der Waals surface area contributed by atoms with E-state index in [4.69, 9.17) is 0 Å². The van der Waals surface area contributed by atoms with E-state index in [9.17, 15) is 9.90 Å². The first-order valence-electron chi connectivity index (χ1n) is 9.98. The highest BCUT2D eigenvalue weighted by atomic mass is 16.3. The fraction of sp³-hybridized carbons (Fsp3) is 0.0357. The van der Waals surface area contributed by atoms with Crippen molar-refractivity contribution < 1.29 is 9.90 Å². The van der Waals surface area contributed by atoms with E-state index in [1.165, 1.54) is 0 Å². The summed E-state index contributed by atoms with van der Waals surface area (Å²) >= 11 is 0. The lowest BCUT2D eigenvalue weighted by Crippen LogP contribution is -2.28. The maximum absolute atomic E-state index is 13.2. The van der Waals surface area contributed by atoms with Crippen LogP contribution in [0.3, 0.4) is 0 Å². The molecule has 144 valence electrons. The van der Waals surface area contributed by atoms with Crippen LogP contribution in [-0.2, 0) is 10.4 Å². The summed E-state index contributed by atoms with van der Waals surface area (Å²) in [5, 5.41) is 14.2. The zero-order valence-corrected chi connectivity index (χ0v) is 16.3. The maximum Gasteiger partial charge on any atom is 0.185 e. The molecule has 1 atom stereocenters. The standard InChI is InChI=1S/C28H20O2/c29-27-19-25(21-11-3-1-4-12-21)28(30,23-15-5-2-6-16-23)26(27)18-22-14-9-13-20-10-7-8-17-24(20)22/h1-19,30H/b26-18+. The molecule has 0 amide bonds. The summed E-state index contributed by atoms with van der Waals surface area (Å²) in [6.07, 6.45) is 3.41. The molecule has 0 spiro atoms. The number of hydrogen-bond donors (Lipinski definition) is 1. The van der Waals surface area contributed by atoms with Gasteiger partial charge in [0.2, 0.25) is 0 Å². The molecule has 0 bridgehead atoms. The fourth-order valence-corrected chi connectivity index (χ4v) is 4.24. The molecular weight excluding hydrogens is 368 g/mol. The Hall–Kier alpha value is -3.75. The lowest BCUT2D eigenvalue weighted by Gasteiger charge is -2.29. The van der Waals surface area contributed by atoms with Crippen molar-refractivity contribution in [3.05, 3.63) is 131 Å². The Balaban J connectivity index is 1.75. The molecule has 0 saturated heterocycles. The first-order chi connectivity index (χ1) is 14.7. The number of aliphatic hydroxyl groups is 1. The minimum atomic E-state index is -1.52. The Morgan fingerprint density at radius 2 is 1.33 bits per heavy atom. The molecule has 5 rings (SSSR count). The molecule has 4 aromatic rings. The van der Waals surface area contributed by atoms with Crippen LogP contribution in [0.15, 0.2) is 115 Å². The summed E-state index contributed by atoms with van der Waals surface area (Å²) < 4.78 is 0. The first-order valence-corrected chi connectivity index (χ1v) is 9.98. The van der Waals surface area contributed by atoms with E-state index in [2.05, 4.69) is 0 Å². The molecule has 1 N–H and O–H groups in total. The molecule has 0 heterocycles. The van der Waals surface area contributed by atoms with Crippen LogP contribution in [0.5, 0.6) is 0 Å². The smallest absolute Gasteiger partial charge is 0.185 e. The van der Waals surface area contributed by atoms with Crippen molar-refractivity contribution in [3.63, 3.8) is 0 Å². The Bertz CT molecular complexity index is 1300. The van der Waals surface area contributed by atoms with Gasteiger partial charge >= 0.3 is 0 Å². The van der Waals surface area contributed by atoms with Gasteiger partial charge in [-0.15, -0.1) is 0 Å². The number of carbonyl (C=O) groups excluding carboxylic acids is 1. The first kappa shape index (κ1) is 18.3. The van der Waals surface area contributed by atoms with Crippen molar-refractivity contribution in [2.75, 3.05) is 0 Å². The maximum atomic E-state index is 13.2. The lowest BCUT2D eigenvalue weighted by molar-refractivity contribution is -0.112. The molecule has 1 aliphatic rings. The topological polar surface area (TPSA) is 37.3 Å². The van der Waals surface area contributed by atoms with Crippen molar-refractivity contribution in [1.82, 2.24) is 0 Å².